The summed E-state index contributed by atoms with van der Waals surface area (Å²) in [5.74, 6) is -0.398. The average molecular weight is 338 g/mol. The standard InChI is InChI=1S/C15H13ClFN3O3/c16-11-5-18-14-13(12(11)8-1-3-9(17)4-2-8)20(15(23)19-14)10(6-21)7-22/h1-5,10,21-22H,6-7H2,(H,18,19,23). The van der Waals surface area contributed by atoms with Crippen molar-refractivity contribution in [3.63, 3.8) is 0 Å². The fourth-order valence-electron chi connectivity index (χ4n) is 2.53. The molecule has 0 saturated heterocycles. The number of aliphatic hydroxyl groups is 2. The van der Waals surface area contributed by atoms with E-state index in [1.165, 1.54) is 35.0 Å². The number of aliphatic hydroxyl groups excluding tert-OH is 2. The summed E-state index contributed by atoms with van der Waals surface area (Å²) in [6.45, 7) is -0.864. The number of benzene rings is 1. The SMILES string of the molecule is O=c1[nH]c2ncc(Cl)c(-c3ccc(F)cc3)c2n1C(CO)CO. The van der Waals surface area contributed by atoms with Crippen LogP contribution in [0.4, 0.5) is 4.39 Å². The Morgan fingerprint density at radius 3 is 2.52 bits per heavy atom. The first-order valence-corrected chi connectivity index (χ1v) is 7.21. The molecule has 1 aromatic carbocycles. The molecule has 3 aromatic rings. The van der Waals surface area contributed by atoms with Gasteiger partial charge in [-0.05, 0) is 17.7 Å². The summed E-state index contributed by atoms with van der Waals surface area (Å²) < 4.78 is 14.4. The predicted molar refractivity (Wildman–Crippen MR) is 84.0 cm³/mol. The van der Waals surface area contributed by atoms with E-state index in [0.717, 1.165) is 0 Å². The first-order chi connectivity index (χ1) is 11.1. The minimum atomic E-state index is -0.837. The van der Waals surface area contributed by atoms with Gasteiger partial charge >= 0.3 is 5.69 Å². The van der Waals surface area contributed by atoms with Crippen molar-refractivity contribution in [3.05, 3.63) is 51.8 Å². The normalized spacial score (nSPS) is 11.5. The Labute approximate surface area is 134 Å². The Balaban J connectivity index is 2.38. The molecule has 0 spiro atoms. The number of fused-ring (bicyclic) bond motifs is 1. The number of aromatic amines is 1. The van der Waals surface area contributed by atoms with Gasteiger partial charge in [-0.3, -0.25) is 9.55 Å². The Morgan fingerprint density at radius 1 is 1.26 bits per heavy atom. The van der Waals surface area contributed by atoms with Crippen LogP contribution >= 0.6 is 11.6 Å². The highest BCUT2D eigenvalue weighted by molar-refractivity contribution is 6.34. The summed E-state index contributed by atoms with van der Waals surface area (Å²) in [6, 6.07) is 4.79. The Morgan fingerprint density at radius 2 is 1.91 bits per heavy atom. The van der Waals surface area contributed by atoms with Crippen LogP contribution in [-0.4, -0.2) is 38.0 Å². The second kappa shape index (κ2) is 6.11. The largest absolute Gasteiger partial charge is 0.394 e. The molecule has 0 atom stereocenters. The van der Waals surface area contributed by atoms with Gasteiger partial charge in [0, 0.05) is 11.8 Å². The van der Waals surface area contributed by atoms with Gasteiger partial charge in [0.25, 0.3) is 0 Å². The average Bonchev–Trinajstić information content (AvgIpc) is 2.87. The van der Waals surface area contributed by atoms with Crippen molar-refractivity contribution in [1.29, 1.82) is 0 Å². The maximum absolute atomic E-state index is 13.2. The van der Waals surface area contributed by atoms with Crippen molar-refractivity contribution in [3.8, 4) is 11.1 Å². The number of hydrogen-bond donors (Lipinski definition) is 3. The van der Waals surface area contributed by atoms with E-state index in [1.54, 1.807) is 0 Å². The number of nitrogens with zero attached hydrogens (tertiary/aromatic N) is 2. The van der Waals surface area contributed by atoms with Gasteiger partial charge in [0.05, 0.1) is 29.8 Å². The highest BCUT2D eigenvalue weighted by atomic mass is 35.5. The summed E-state index contributed by atoms with van der Waals surface area (Å²) in [5.41, 5.74) is 1.16. The van der Waals surface area contributed by atoms with E-state index in [2.05, 4.69) is 9.97 Å². The Hall–Kier alpha value is -2.22. The lowest BCUT2D eigenvalue weighted by atomic mass is 10.1. The van der Waals surface area contributed by atoms with Crippen LogP contribution in [0.1, 0.15) is 6.04 Å². The third kappa shape index (κ3) is 2.63. The van der Waals surface area contributed by atoms with Crippen LogP contribution in [0.3, 0.4) is 0 Å². The van der Waals surface area contributed by atoms with Crippen LogP contribution in [0.15, 0.2) is 35.3 Å². The molecule has 8 heteroatoms. The number of halogens is 2. The maximum atomic E-state index is 13.2. The van der Waals surface area contributed by atoms with Gasteiger partial charge < -0.3 is 10.2 Å². The third-order valence-electron chi connectivity index (χ3n) is 3.61. The van der Waals surface area contributed by atoms with Crippen LogP contribution in [0.5, 0.6) is 0 Å². The molecule has 120 valence electrons. The van der Waals surface area contributed by atoms with Crippen LogP contribution < -0.4 is 5.69 Å². The van der Waals surface area contributed by atoms with Gasteiger partial charge in [0.2, 0.25) is 0 Å². The zero-order chi connectivity index (χ0) is 16.6. The molecule has 0 aliphatic carbocycles. The molecule has 2 heterocycles. The number of H-pyrrole nitrogens is 1. The van der Waals surface area contributed by atoms with Crippen molar-refractivity contribution in [2.45, 2.75) is 6.04 Å². The minimum Gasteiger partial charge on any atom is -0.394 e. The summed E-state index contributed by atoms with van der Waals surface area (Å²) in [7, 11) is 0. The molecule has 0 fully saturated rings. The summed E-state index contributed by atoms with van der Waals surface area (Å²) >= 11 is 6.24. The van der Waals surface area contributed by atoms with Crippen LogP contribution in [0.2, 0.25) is 5.02 Å². The zero-order valence-electron chi connectivity index (χ0n) is 11.8. The zero-order valence-corrected chi connectivity index (χ0v) is 12.6. The number of hydrogen-bond acceptors (Lipinski definition) is 4. The van der Waals surface area contributed by atoms with Crippen molar-refractivity contribution in [1.82, 2.24) is 14.5 Å². The van der Waals surface area contributed by atoms with Crippen LogP contribution in [-0.2, 0) is 0 Å². The first-order valence-electron chi connectivity index (χ1n) is 6.83. The van der Waals surface area contributed by atoms with Gasteiger partial charge in [-0.15, -0.1) is 0 Å². The van der Waals surface area contributed by atoms with E-state index < -0.39 is 30.8 Å². The summed E-state index contributed by atoms with van der Waals surface area (Å²) in [6.07, 6.45) is 1.38. The number of pyridine rings is 1. The monoisotopic (exact) mass is 337 g/mol. The van der Waals surface area contributed by atoms with Gasteiger partial charge in [-0.2, -0.15) is 0 Å². The van der Waals surface area contributed by atoms with Gasteiger partial charge in [-0.25, -0.2) is 14.2 Å². The fraction of sp³-hybridized carbons (Fsp3) is 0.200. The molecule has 0 bridgehead atoms. The molecule has 0 amide bonds. The quantitative estimate of drug-likeness (QED) is 0.676. The molecule has 0 saturated carbocycles. The lowest BCUT2D eigenvalue weighted by molar-refractivity contribution is 0.155. The van der Waals surface area contributed by atoms with E-state index in [0.29, 0.717) is 16.6 Å². The highest BCUT2D eigenvalue weighted by Crippen LogP contribution is 2.34. The van der Waals surface area contributed by atoms with Crippen molar-refractivity contribution in [2.24, 2.45) is 0 Å². The topological polar surface area (TPSA) is 91.1 Å². The van der Waals surface area contributed by atoms with E-state index in [9.17, 15) is 19.4 Å². The van der Waals surface area contributed by atoms with Crippen molar-refractivity contribution < 1.29 is 14.6 Å². The van der Waals surface area contributed by atoms with Crippen molar-refractivity contribution >= 4 is 22.8 Å². The molecule has 23 heavy (non-hydrogen) atoms. The van der Waals surface area contributed by atoms with Crippen LogP contribution in [0, 0.1) is 5.82 Å². The van der Waals surface area contributed by atoms with Gasteiger partial charge in [0.1, 0.15) is 5.82 Å². The predicted octanol–water partition coefficient (Wildman–Crippen LogP) is 1.71. The van der Waals surface area contributed by atoms with E-state index in [4.69, 9.17) is 11.6 Å². The number of imidazole rings is 1. The minimum absolute atomic E-state index is 0.269. The van der Waals surface area contributed by atoms with E-state index >= 15 is 0 Å². The molecule has 3 N–H and O–H groups in total. The molecule has 6 nitrogen and oxygen atoms in total. The van der Waals surface area contributed by atoms with Crippen molar-refractivity contribution in [2.75, 3.05) is 13.2 Å². The second-order valence-electron chi connectivity index (χ2n) is 5.00. The number of nitrogens with one attached hydrogen (secondary N) is 1. The molecule has 3 rings (SSSR count). The lowest BCUT2D eigenvalue weighted by Crippen LogP contribution is -2.27. The molecule has 0 unspecified atom stereocenters. The van der Waals surface area contributed by atoms with Crippen LogP contribution in [0.25, 0.3) is 22.3 Å². The van der Waals surface area contributed by atoms with Gasteiger partial charge in [-0.1, -0.05) is 23.7 Å². The smallest absolute Gasteiger partial charge is 0.328 e. The molecular weight excluding hydrogens is 325 g/mol. The summed E-state index contributed by atoms with van der Waals surface area (Å²) in [5, 5.41) is 19.1. The van der Waals surface area contributed by atoms with E-state index in [-0.39, 0.29) is 10.7 Å². The Kier molecular flexibility index (Phi) is 4.16. The third-order valence-corrected chi connectivity index (χ3v) is 3.90. The molecule has 2 aromatic heterocycles. The lowest BCUT2D eigenvalue weighted by Gasteiger charge is -2.15. The number of aromatic nitrogens is 3. The second-order valence-corrected chi connectivity index (χ2v) is 5.41. The molecule has 0 aliphatic heterocycles. The fourth-order valence-corrected chi connectivity index (χ4v) is 2.78. The van der Waals surface area contributed by atoms with Gasteiger partial charge in [0.15, 0.2) is 5.65 Å². The number of rotatable bonds is 4. The Bertz CT molecular complexity index is 901. The highest BCUT2D eigenvalue weighted by Gasteiger charge is 2.21. The summed E-state index contributed by atoms with van der Waals surface area (Å²) in [4.78, 5) is 18.8. The first kappa shape index (κ1) is 15.7. The molecular formula is C15H13ClFN3O3. The van der Waals surface area contributed by atoms with E-state index in [1.807, 2.05) is 0 Å². The molecule has 0 aliphatic rings. The maximum Gasteiger partial charge on any atom is 0.328 e. The molecule has 0 radical (unpaired) electrons.